The molecule has 50 heavy (non-hydrogen) atoms. The van der Waals surface area contributed by atoms with Crippen LogP contribution in [0.1, 0.15) is 70.4 Å². The highest BCUT2D eigenvalue weighted by atomic mass is 31.2. The Bertz CT molecular complexity index is 1660. The van der Waals surface area contributed by atoms with Crippen molar-refractivity contribution < 1.29 is 46.9 Å². The van der Waals surface area contributed by atoms with E-state index in [-0.39, 0.29) is 42.6 Å². The van der Waals surface area contributed by atoms with Crippen LogP contribution in [0.2, 0.25) is 0 Å². The Morgan fingerprint density at radius 2 is 1.84 bits per heavy atom. The molecule has 0 amide bonds. The number of carbonyl (C=O) groups is 3. The summed E-state index contributed by atoms with van der Waals surface area (Å²) in [5, 5.41) is 17.3. The molecule has 3 N–H and O–H groups in total. The number of carbonyl (C=O) groups excluding carboxylic acids is 3. The van der Waals surface area contributed by atoms with E-state index in [0.29, 0.717) is 5.69 Å². The van der Waals surface area contributed by atoms with Crippen LogP contribution in [0.3, 0.4) is 0 Å². The SMILES string of the molecule is C=Nn1c(C(N)=NC)ccc1[C@@H]1O[C@](C#N)(COP(=O)(N[C@@H](C)C(=O)OCC2CCC2)Oc2ccccc2)[C@@H](OC(=O)CC)[C@H]1OC(=O)CC. The predicted octanol–water partition coefficient (Wildman–Crippen LogP) is 3.79. The van der Waals surface area contributed by atoms with Gasteiger partial charge < -0.3 is 29.2 Å². The maximum Gasteiger partial charge on any atom is 0.459 e. The molecule has 270 valence electrons. The summed E-state index contributed by atoms with van der Waals surface area (Å²) < 4.78 is 50.6. The van der Waals surface area contributed by atoms with Crippen LogP contribution in [-0.2, 0) is 42.4 Å². The molecule has 0 spiro atoms. The van der Waals surface area contributed by atoms with Gasteiger partial charge in [0.25, 0.3) is 0 Å². The normalized spacial score (nSPS) is 23.8. The van der Waals surface area contributed by atoms with Crippen molar-refractivity contribution in [1.82, 2.24) is 9.76 Å². The Morgan fingerprint density at radius 3 is 2.42 bits per heavy atom. The third-order valence-corrected chi connectivity index (χ3v) is 9.94. The van der Waals surface area contributed by atoms with Crippen molar-refractivity contribution in [3.05, 3.63) is 53.9 Å². The lowest BCUT2D eigenvalue weighted by Crippen LogP contribution is -2.49. The number of aromatic nitrogens is 1. The Labute approximate surface area is 290 Å². The van der Waals surface area contributed by atoms with Crippen molar-refractivity contribution in [3.63, 3.8) is 0 Å². The minimum atomic E-state index is -4.54. The van der Waals surface area contributed by atoms with Crippen molar-refractivity contribution in [2.24, 2.45) is 21.7 Å². The van der Waals surface area contributed by atoms with Crippen molar-refractivity contribution in [1.29, 1.82) is 5.26 Å². The van der Waals surface area contributed by atoms with Crippen LogP contribution in [0, 0.1) is 17.2 Å². The third-order valence-electron chi connectivity index (χ3n) is 8.32. The Hall–Kier alpha value is -4.55. The van der Waals surface area contributed by atoms with Crippen LogP contribution in [-0.4, -0.2) is 79.2 Å². The smallest absolute Gasteiger partial charge is 0.459 e. The van der Waals surface area contributed by atoms with Gasteiger partial charge in [0.2, 0.25) is 5.60 Å². The second kappa shape index (κ2) is 16.9. The standard InChI is InChI=1S/C33H43N6O10P/c1-6-26(40)46-29-28(24-16-17-25(31(35)36-4)39(24)37-5)48-33(19-34,30(29)47-27(41)7-2)20-45-50(43,49-23-14-9-8-10-15-23)38-21(3)32(42)44-18-22-12-11-13-22/h8-10,14-17,21-22,28-30H,5-7,11-13,18,20H2,1-4H3,(H2,35,36)(H,38,43)/t21-,28-,29-,30-,33+,50?/m0/s1. The van der Waals surface area contributed by atoms with Crippen LogP contribution in [0.15, 0.2) is 52.6 Å². The summed E-state index contributed by atoms with van der Waals surface area (Å²) in [5.41, 5.74) is 4.35. The summed E-state index contributed by atoms with van der Waals surface area (Å²) in [6.07, 6.45) is -1.53. The van der Waals surface area contributed by atoms with E-state index >= 15 is 0 Å². The van der Waals surface area contributed by atoms with Gasteiger partial charge in [-0.1, -0.05) is 38.5 Å². The number of aliphatic imine (C=N–C) groups is 1. The molecular formula is C33H43N6O10P. The van der Waals surface area contributed by atoms with Crippen molar-refractivity contribution >= 4 is 38.2 Å². The highest BCUT2D eigenvalue weighted by Crippen LogP contribution is 2.50. The van der Waals surface area contributed by atoms with Crippen LogP contribution in [0.5, 0.6) is 5.75 Å². The molecule has 1 aromatic heterocycles. The molecule has 1 unspecified atom stereocenters. The maximum atomic E-state index is 14.4. The molecule has 2 heterocycles. The minimum absolute atomic E-state index is 0.0616. The quantitative estimate of drug-likeness (QED) is 0.0785. The van der Waals surface area contributed by atoms with Gasteiger partial charge in [0, 0.05) is 26.6 Å². The van der Waals surface area contributed by atoms with E-state index in [1.807, 2.05) is 6.07 Å². The first-order chi connectivity index (χ1) is 23.9. The first-order valence-electron chi connectivity index (χ1n) is 16.3. The maximum absolute atomic E-state index is 14.4. The zero-order valence-electron chi connectivity index (χ0n) is 28.5. The number of esters is 3. The van der Waals surface area contributed by atoms with Crippen molar-refractivity contribution in [3.8, 4) is 11.8 Å². The highest BCUT2D eigenvalue weighted by Gasteiger charge is 2.62. The monoisotopic (exact) mass is 714 g/mol. The fraction of sp³-hybridized carbons (Fsp3) is 0.515. The highest BCUT2D eigenvalue weighted by molar-refractivity contribution is 7.52. The second-order valence-electron chi connectivity index (χ2n) is 11.8. The fourth-order valence-corrected chi connectivity index (χ4v) is 6.81. The van der Waals surface area contributed by atoms with Crippen LogP contribution in [0.4, 0.5) is 0 Å². The van der Waals surface area contributed by atoms with Crippen molar-refractivity contribution in [2.75, 3.05) is 20.3 Å². The molecule has 1 aromatic carbocycles. The Morgan fingerprint density at radius 1 is 1.16 bits per heavy atom. The van der Waals surface area contributed by atoms with Gasteiger partial charge in [0.15, 0.2) is 12.2 Å². The van der Waals surface area contributed by atoms with Gasteiger partial charge in [0.1, 0.15) is 42.1 Å². The van der Waals surface area contributed by atoms with E-state index in [9.17, 15) is 24.2 Å². The van der Waals surface area contributed by atoms with Gasteiger partial charge in [-0.3, -0.25) is 23.9 Å². The first-order valence-corrected chi connectivity index (χ1v) is 17.8. The predicted molar refractivity (Wildman–Crippen MR) is 180 cm³/mol. The van der Waals surface area contributed by atoms with Crippen LogP contribution >= 0.6 is 7.75 Å². The number of hydrogen-bond acceptors (Lipinski definition) is 13. The number of hydrogen-bond donors (Lipinski definition) is 2. The molecule has 1 aliphatic heterocycles. The molecule has 6 atom stereocenters. The fourth-order valence-electron chi connectivity index (χ4n) is 5.29. The number of nitrogens with one attached hydrogen (secondary N) is 1. The molecule has 1 aliphatic carbocycles. The summed E-state index contributed by atoms with van der Waals surface area (Å²) >= 11 is 0. The number of benzene rings is 1. The molecule has 2 aromatic rings. The number of ether oxygens (including phenoxy) is 4. The zero-order chi connectivity index (χ0) is 36.5. The topological polar surface area (TPSA) is 215 Å². The average Bonchev–Trinajstić information content (AvgIpc) is 3.65. The van der Waals surface area contributed by atoms with Gasteiger partial charge in [-0.25, -0.2) is 9.24 Å². The first kappa shape index (κ1) is 38.3. The number of nitrogens with two attached hydrogens (primary N) is 1. The third kappa shape index (κ3) is 8.78. The van der Waals surface area contributed by atoms with Gasteiger partial charge >= 0.3 is 25.7 Å². The molecule has 2 fully saturated rings. The minimum Gasteiger partial charge on any atom is -0.464 e. The lowest BCUT2D eigenvalue weighted by atomic mass is 9.86. The summed E-state index contributed by atoms with van der Waals surface area (Å²) in [4.78, 5) is 42.4. The van der Waals surface area contributed by atoms with E-state index in [4.69, 9.17) is 33.7 Å². The molecule has 4 rings (SSSR count). The number of nitrogens with zero attached hydrogens (tertiary/aromatic N) is 4. The molecule has 0 radical (unpaired) electrons. The van der Waals surface area contributed by atoms with E-state index in [1.165, 1.54) is 37.7 Å². The van der Waals surface area contributed by atoms with Gasteiger partial charge in [-0.15, -0.1) is 0 Å². The number of rotatable bonds is 17. The van der Waals surface area contributed by atoms with Gasteiger partial charge in [-0.05, 0) is 49.9 Å². The lowest BCUT2D eigenvalue weighted by molar-refractivity contribution is -0.169. The zero-order valence-corrected chi connectivity index (χ0v) is 29.4. The summed E-state index contributed by atoms with van der Waals surface area (Å²) in [7, 11) is -3.06. The Kier molecular flexibility index (Phi) is 12.9. The number of amidine groups is 1. The van der Waals surface area contributed by atoms with E-state index in [0.717, 1.165) is 19.3 Å². The molecule has 16 nitrogen and oxygen atoms in total. The lowest BCUT2D eigenvalue weighted by Gasteiger charge is -2.30. The molecule has 17 heteroatoms. The largest absolute Gasteiger partial charge is 0.464 e. The average molecular weight is 715 g/mol. The summed E-state index contributed by atoms with van der Waals surface area (Å²) in [5.74, 6) is -1.64. The molecule has 0 bridgehead atoms. The van der Waals surface area contributed by atoms with Crippen LogP contribution < -0.4 is 15.3 Å². The van der Waals surface area contributed by atoms with E-state index < -0.39 is 62.2 Å². The van der Waals surface area contributed by atoms with Gasteiger partial charge in [0.05, 0.1) is 12.3 Å². The number of para-hydroxylation sites is 1. The summed E-state index contributed by atoms with van der Waals surface area (Å²) in [6.45, 7) is 7.50. The Balaban J connectivity index is 1.72. The van der Waals surface area contributed by atoms with Crippen molar-refractivity contribution in [2.45, 2.75) is 82.8 Å². The number of nitriles is 1. The molecular weight excluding hydrogens is 671 g/mol. The van der Waals surface area contributed by atoms with Gasteiger partial charge in [-0.2, -0.15) is 15.5 Å². The van der Waals surface area contributed by atoms with Crippen LogP contribution in [0.25, 0.3) is 0 Å². The molecule has 2 aliphatic rings. The molecule has 1 saturated carbocycles. The van der Waals surface area contributed by atoms with E-state index in [2.05, 4.69) is 21.9 Å². The molecule has 1 saturated heterocycles. The second-order valence-corrected chi connectivity index (χ2v) is 13.5. The summed E-state index contributed by atoms with van der Waals surface area (Å²) in [6, 6.07) is 12.0. The van der Waals surface area contributed by atoms with E-state index in [1.54, 1.807) is 37.3 Å².